The number of hydrogen-bond donors (Lipinski definition) is 3. The van der Waals surface area contributed by atoms with Crippen molar-refractivity contribution in [1.29, 1.82) is 0 Å². The molecule has 0 unspecified atom stereocenters. The maximum absolute atomic E-state index is 13.9. The summed E-state index contributed by atoms with van der Waals surface area (Å²) in [5.41, 5.74) is 1.90. The predicted octanol–water partition coefficient (Wildman–Crippen LogP) is 3.71. The molecule has 1 fully saturated rings. The summed E-state index contributed by atoms with van der Waals surface area (Å²) in [5, 5.41) is 10.5. The molecule has 7 nitrogen and oxygen atoms in total. The highest BCUT2D eigenvalue weighted by Crippen LogP contribution is 2.26. The van der Waals surface area contributed by atoms with Crippen LogP contribution >= 0.6 is 0 Å². The van der Waals surface area contributed by atoms with Crippen LogP contribution in [0.3, 0.4) is 0 Å². The number of piperidine rings is 1. The summed E-state index contributed by atoms with van der Waals surface area (Å²) < 4.78 is 27.8. The number of nitrogens with one attached hydrogen (secondary N) is 2. The fourth-order valence-corrected chi connectivity index (χ4v) is 4.70. The number of nitrogens with zero attached hydrogens (tertiary/aromatic N) is 2. The normalized spacial score (nSPS) is 14.2. The van der Waals surface area contributed by atoms with Gasteiger partial charge in [0.1, 0.15) is 17.8 Å². The van der Waals surface area contributed by atoms with Gasteiger partial charge >= 0.3 is 5.91 Å². The molecule has 0 aliphatic carbocycles. The Morgan fingerprint density at radius 3 is 2.47 bits per heavy atom. The number of Topliss-reactive ketones (excluding diaryl/α,β-unsaturated/α-hetero) is 1. The Morgan fingerprint density at radius 1 is 1.11 bits per heavy atom. The van der Waals surface area contributed by atoms with E-state index in [1.165, 1.54) is 43.6 Å². The van der Waals surface area contributed by atoms with Gasteiger partial charge in [-0.25, -0.2) is 18.9 Å². The van der Waals surface area contributed by atoms with E-state index in [4.69, 9.17) is 0 Å². The molecule has 2 heterocycles. The van der Waals surface area contributed by atoms with Crippen LogP contribution in [-0.4, -0.2) is 41.5 Å². The number of H-pyrrole nitrogens is 1. The van der Waals surface area contributed by atoms with Gasteiger partial charge in [0.2, 0.25) is 0 Å². The lowest BCUT2D eigenvalue weighted by molar-refractivity contribution is -0.464. The Kier molecular flexibility index (Phi) is 8.56. The highest BCUT2D eigenvalue weighted by atomic mass is 19.1. The van der Waals surface area contributed by atoms with E-state index in [0.717, 1.165) is 42.0 Å². The number of hydrogen-bond acceptors (Lipinski definition) is 5. The largest absolute Gasteiger partial charge is 0.372 e. The van der Waals surface area contributed by atoms with Gasteiger partial charge < -0.3 is 10.2 Å². The lowest BCUT2D eigenvalue weighted by Gasteiger charge is -2.33. The molecule has 1 amide bonds. The number of quaternary nitrogens is 1. The molecule has 0 saturated carbocycles. The lowest BCUT2D eigenvalue weighted by atomic mass is 9.92. The minimum Gasteiger partial charge on any atom is -0.372 e. The second-order valence-corrected chi connectivity index (χ2v) is 9.22. The zero-order valence-corrected chi connectivity index (χ0v) is 20.4. The van der Waals surface area contributed by atoms with Crippen LogP contribution in [0.5, 0.6) is 0 Å². The third-order valence-electron chi connectivity index (χ3n) is 6.67. The first-order valence-corrected chi connectivity index (χ1v) is 12.4. The summed E-state index contributed by atoms with van der Waals surface area (Å²) in [5.74, 6) is -2.25. The van der Waals surface area contributed by atoms with Gasteiger partial charge in [0, 0.05) is 25.3 Å². The molecule has 1 aromatic heterocycles. The lowest BCUT2D eigenvalue weighted by Crippen LogP contribution is -2.82. The molecule has 2 aromatic carbocycles. The maximum Gasteiger partial charge on any atom is 0.353 e. The number of carbonyl (C=O) groups excluding carboxylic acids is 2. The summed E-state index contributed by atoms with van der Waals surface area (Å²) in [6, 6.07) is 11.6. The SMILES string of the molecule is CCCC1CCN(c2ccc(CNCC(=O)c3[nH]ncc3[NH2+]C(=O)c3c(F)cccc3F)cc2)CC1. The van der Waals surface area contributed by atoms with Crippen LogP contribution < -0.4 is 15.5 Å². The minimum absolute atomic E-state index is 0.0119. The van der Waals surface area contributed by atoms with E-state index in [9.17, 15) is 18.4 Å². The van der Waals surface area contributed by atoms with Crippen molar-refractivity contribution in [2.24, 2.45) is 5.92 Å². The van der Waals surface area contributed by atoms with E-state index in [-0.39, 0.29) is 23.7 Å². The first kappa shape index (κ1) is 25.7. The number of primary amides is 1. The summed E-state index contributed by atoms with van der Waals surface area (Å²) in [4.78, 5) is 27.5. The molecule has 0 spiro atoms. The topological polar surface area (TPSA) is 94.7 Å². The molecule has 36 heavy (non-hydrogen) atoms. The van der Waals surface area contributed by atoms with Crippen molar-refractivity contribution in [2.45, 2.75) is 39.2 Å². The second-order valence-electron chi connectivity index (χ2n) is 9.22. The number of anilines is 1. The Morgan fingerprint density at radius 2 is 1.81 bits per heavy atom. The van der Waals surface area contributed by atoms with Crippen LogP contribution in [0.4, 0.5) is 20.2 Å². The number of rotatable bonds is 10. The van der Waals surface area contributed by atoms with Crippen molar-refractivity contribution in [3.8, 4) is 0 Å². The smallest absolute Gasteiger partial charge is 0.353 e. The van der Waals surface area contributed by atoms with Crippen molar-refractivity contribution in [1.82, 2.24) is 15.5 Å². The van der Waals surface area contributed by atoms with E-state index in [1.54, 1.807) is 0 Å². The average Bonchev–Trinajstić information content (AvgIpc) is 3.33. The van der Waals surface area contributed by atoms with E-state index in [2.05, 4.69) is 51.6 Å². The van der Waals surface area contributed by atoms with Gasteiger partial charge in [0.25, 0.3) is 0 Å². The van der Waals surface area contributed by atoms with E-state index >= 15 is 0 Å². The number of halogens is 2. The first-order valence-electron chi connectivity index (χ1n) is 12.4. The van der Waals surface area contributed by atoms with Crippen molar-refractivity contribution in [3.63, 3.8) is 0 Å². The van der Waals surface area contributed by atoms with Crippen molar-refractivity contribution >= 4 is 23.1 Å². The standard InChI is InChI=1S/C27H31F2N5O2/c1-2-4-18-11-13-34(14-12-18)20-9-7-19(8-10-20)15-30-17-24(35)26-23(16-31-33-26)32-27(36)25-21(28)5-3-6-22(25)29/h3,5-10,16,18,30H,2,4,11-15,17H2,1H3,(H,31,33)(H,32,36)/p+1. The fourth-order valence-electron chi connectivity index (χ4n) is 4.70. The quantitative estimate of drug-likeness (QED) is 0.372. The zero-order valence-electron chi connectivity index (χ0n) is 20.4. The number of aromatic nitrogens is 2. The number of aromatic amines is 1. The summed E-state index contributed by atoms with van der Waals surface area (Å²) >= 11 is 0. The van der Waals surface area contributed by atoms with E-state index in [1.807, 2.05) is 0 Å². The minimum atomic E-state index is -0.957. The average molecular weight is 497 g/mol. The van der Waals surface area contributed by atoms with Gasteiger partial charge in [-0.15, -0.1) is 0 Å². The van der Waals surface area contributed by atoms with Crippen molar-refractivity contribution in [2.75, 3.05) is 24.5 Å². The Hall–Kier alpha value is -3.43. The van der Waals surface area contributed by atoms with Crippen LogP contribution in [0, 0.1) is 17.6 Å². The number of ketones is 1. The van der Waals surface area contributed by atoms with Gasteiger partial charge in [-0.1, -0.05) is 38.0 Å². The van der Waals surface area contributed by atoms with Crippen LogP contribution in [0.2, 0.25) is 0 Å². The molecule has 4 rings (SSSR count). The highest BCUT2D eigenvalue weighted by molar-refractivity contribution is 6.00. The van der Waals surface area contributed by atoms with Crippen LogP contribution in [0.1, 0.15) is 59.0 Å². The predicted molar refractivity (Wildman–Crippen MR) is 133 cm³/mol. The van der Waals surface area contributed by atoms with Gasteiger partial charge in [0.15, 0.2) is 22.7 Å². The Labute approximate surface area is 209 Å². The molecule has 3 aromatic rings. The van der Waals surface area contributed by atoms with E-state index in [0.29, 0.717) is 6.54 Å². The Bertz CT molecular complexity index is 1170. The van der Waals surface area contributed by atoms with Gasteiger partial charge in [-0.05, 0) is 48.6 Å². The molecule has 1 aliphatic rings. The number of amides is 1. The maximum atomic E-state index is 13.9. The van der Waals surface area contributed by atoms with Crippen LogP contribution in [0.15, 0.2) is 48.7 Å². The molecule has 9 heteroatoms. The van der Waals surface area contributed by atoms with Gasteiger partial charge in [-0.2, -0.15) is 5.10 Å². The molecule has 4 N–H and O–H groups in total. The first-order chi connectivity index (χ1) is 17.5. The molecular weight excluding hydrogens is 464 g/mol. The van der Waals surface area contributed by atoms with Gasteiger partial charge in [-0.3, -0.25) is 9.89 Å². The zero-order chi connectivity index (χ0) is 25.5. The van der Waals surface area contributed by atoms with Crippen molar-refractivity contribution < 1.29 is 23.7 Å². The molecule has 1 saturated heterocycles. The summed E-state index contributed by atoms with van der Waals surface area (Å²) in [6.07, 6.45) is 6.34. The van der Waals surface area contributed by atoms with Gasteiger partial charge in [0.05, 0.1) is 6.54 Å². The molecule has 1 aliphatic heterocycles. The second kappa shape index (κ2) is 12.0. The Balaban J connectivity index is 1.27. The van der Waals surface area contributed by atoms with Crippen LogP contribution in [-0.2, 0) is 6.54 Å². The van der Waals surface area contributed by atoms with Crippen molar-refractivity contribution in [3.05, 3.63) is 77.1 Å². The third-order valence-corrected chi connectivity index (χ3v) is 6.67. The number of benzene rings is 2. The molecule has 190 valence electrons. The molecule has 0 bridgehead atoms. The highest BCUT2D eigenvalue weighted by Gasteiger charge is 2.25. The van der Waals surface area contributed by atoms with E-state index < -0.39 is 23.1 Å². The monoisotopic (exact) mass is 496 g/mol. The molecule has 0 atom stereocenters. The third kappa shape index (κ3) is 6.22. The fraction of sp³-hybridized carbons (Fsp3) is 0.370. The summed E-state index contributed by atoms with van der Waals surface area (Å²) in [7, 11) is 0. The molecular formula is C27H32F2N5O2+. The number of carbonyl (C=O) groups is 2. The summed E-state index contributed by atoms with van der Waals surface area (Å²) in [6.45, 7) is 4.93. The molecule has 0 radical (unpaired) electrons. The van der Waals surface area contributed by atoms with Crippen LogP contribution in [0.25, 0.3) is 0 Å². The number of nitrogens with two attached hydrogens (primary N) is 1.